The zero-order valence-corrected chi connectivity index (χ0v) is 16.7. The summed E-state index contributed by atoms with van der Waals surface area (Å²) in [6.45, 7) is 1.91. The molecule has 0 fully saturated rings. The zero-order chi connectivity index (χ0) is 22.1. The van der Waals surface area contributed by atoms with Crippen LogP contribution in [0.5, 0.6) is 0 Å². The second-order valence-corrected chi connectivity index (χ2v) is 7.09. The van der Waals surface area contributed by atoms with Crippen molar-refractivity contribution in [1.29, 1.82) is 0 Å². The van der Waals surface area contributed by atoms with Crippen molar-refractivity contribution in [3.05, 3.63) is 65.0 Å². The molecule has 0 saturated heterocycles. The first-order valence-corrected chi connectivity index (χ1v) is 9.30. The van der Waals surface area contributed by atoms with Crippen LogP contribution in [0.25, 0.3) is 0 Å². The van der Waals surface area contributed by atoms with Crippen LogP contribution in [0.15, 0.2) is 47.5 Å². The Morgan fingerprint density at radius 3 is 2.43 bits per heavy atom. The molecule has 1 amide bonds. The molecule has 2 atom stereocenters. The van der Waals surface area contributed by atoms with E-state index in [-0.39, 0.29) is 23.9 Å². The number of likely N-dealkylation sites (N-methyl/N-ethyl adjacent to an activating group) is 1. The molecular weight excluding hydrogens is 400 g/mol. The molecule has 0 aliphatic carbocycles. The van der Waals surface area contributed by atoms with Gasteiger partial charge in [0.15, 0.2) is 5.54 Å². The fourth-order valence-electron chi connectivity index (χ4n) is 3.79. The summed E-state index contributed by atoms with van der Waals surface area (Å²) in [6, 6.07) is 9.12. The highest BCUT2D eigenvalue weighted by molar-refractivity contribution is 6.20. The Kier molecular flexibility index (Phi) is 5.85. The molecule has 0 bridgehead atoms. The number of anilines is 1. The second-order valence-electron chi connectivity index (χ2n) is 7.09. The molecule has 0 spiro atoms. The van der Waals surface area contributed by atoms with Crippen LogP contribution in [0.2, 0.25) is 0 Å². The molecule has 2 aromatic rings. The van der Waals surface area contributed by atoms with Gasteiger partial charge in [-0.05, 0) is 42.4 Å². The summed E-state index contributed by atoms with van der Waals surface area (Å²) in [5, 5.41) is 8.72. The molecule has 1 aliphatic heterocycles. The summed E-state index contributed by atoms with van der Waals surface area (Å²) in [4.78, 5) is 17.4. The van der Waals surface area contributed by atoms with E-state index in [9.17, 15) is 22.4 Å². The Morgan fingerprint density at radius 2 is 1.87 bits per heavy atom. The van der Waals surface area contributed by atoms with Crippen LogP contribution in [-0.4, -0.2) is 31.4 Å². The number of amides is 1. The Hall–Kier alpha value is -2.94. The summed E-state index contributed by atoms with van der Waals surface area (Å²) >= 11 is 0. The van der Waals surface area contributed by atoms with Gasteiger partial charge in [-0.3, -0.25) is 15.1 Å². The molecular formula is C21H22F4N4O. The number of carbonyl (C=O) groups excluding carboxylic acids is 1. The van der Waals surface area contributed by atoms with Gasteiger partial charge in [0.25, 0.3) is 0 Å². The van der Waals surface area contributed by atoms with Gasteiger partial charge in [-0.1, -0.05) is 25.1 Å². The zero-order valence-electron chi connectivity index (χ0n) is 16.7. The molecule has 0 saturated carbocycles. The van der Waals surface area contributed by atoms with E-state index in [2.05, 4.69) is 20.9 Å². The van der Waals surface area contributed by atoms with Gasteiger partial charge in [0.2, 0.25) is 5.91 Å². The number of halogens is 4. The predicted octanol–water partition coefficient (Wildman–Crippen LogP) is 3.68. The van der Waals surface area contributed by atoms with E-state index in [0.717, 1.165) is 12.1 Å². The van der Waals surface area contributed by atoms with Gasteiger partial charge >= 0.3 is 6.18 Å². The number of aliphatic imine (C=N–C) groups is 1. The maximum atomic E-state index is 13.3. The van der Waals surface area contributed by atoms with E-state index < -0.39 is 29.1 Å². The molecule has 3 rings (SSSR count). The van der Waals surface area contributed by atoms with E-state index in [1.807, 2.05) is 0 Å². The fourth-order valence-corrected chi connectivity index (χ4v) is 3.79. The first-order valence-electron chi connectivity index (χ1n) is 9.30. The lowest BCUT2D eigenvalue weighted by molar-refractivity contribution is -0.137. The minimum Gasteiger partial charge on any atom is -0.350 e. The monoisotopic (exact) mass is 422 g/mol. The lowest BCUT2D eigenvalue weighted by Gasteiger charge is -2.43. The van der Waals surface area contributed by atoms with Gasteiger partial charge in [-0.25, -0.2) is 4.39 Å². The van der Waals surface area contributed by atoms with Crippen LogP contribution in [0.1, 0.15) is 29.5 Å². The van der Waals surface area contributed by atoms with Crippen LogP contribution >= 0.6 is 0 Å². The van der Waals surface area contributed by atoms with E-state index in [1.54, 1.807) is 26.1 Å². The van der Waals surface area contributed by atoms with Gasteiger partial charge in [0.1, 0.15) is 11.7 Å². The highest BCUT2D eigenvalue weighted by atomic mass is 19.4. The van der Waals surface area contributed by atoms with Crippen LogP contribution in [0.4, 0.5) is 23.2 Å². The van der Waals surface area contributed by atoms with Gasteiger partial charge in [-0.2, -0.15) is 13.2 Å². The minimum absolute atomic E-state index is 0.159. The molecule has 30 heavy (non-hydrogen) atoms. The quantitative estimate of drug-likeness (QED) is 0.659. The average Bonchev–Trinajstić information content (AvgIpc) is 2.72. The van der Waals surface area contributed by atoms with Crippen molar-refractivity contribution in [2.24, 2.45) is 4.99 Å². The maximum absolute atomic E-state index is 13.3. The number of amidine groups is 1. The number of hydrogen-bond donors (Lipinski definition) is 3. The SMILES string of the molecule is CN=C1Nc2cc(C(F)(F)F)ccc2C(C)C1(NC)C(=O)NCc1ccc(F)cc1. The summed E-state index contributed by atoms with van der Waals surface area (Å²) in [7, 11) is 3.06. The van der Waals surface area contributed by atoms with Gasteiger partial charge in [0.05, 0.1) is 5.56 Å². The number of benzene rings is 2. The molecule has 2 unspecified atom stereocenters. The van der Waals surface area contributed by atoms with Crippen molar-refractivity contribution in [2.45, 2.75) is 31.1 Å². The topological polar surface area (TPSA) is 65.5 Å². The first-order chi connectivity index (χ1) is 14.1. The number of carbonyl (C=O) groups is 1. The lowest BCUT2D eigenvalue weighted by atomic mass is 9.74. The Labute approximate surface area is 171 Å². The second kappa shape index (κ2) is 8.06. The summed E-state index contributed by atoms with van der Waals surface area (Å²) in [6.07, 6.45) is -4.48. The van der Waals surface area contributed by atoms with Crippen LogP contribution in [-0.2, 0) is 17.5 Å². The number of alkyl halides is 3. The van der Waals surface area contributed by atoms with Crippen molar-refractivity contribution < 1.29 is 22.4 Å². The standard InChI is InChI=1S/C21H22F4N4O/c1-12-16-9-6-14(21(23,24)25)10-17(16)29-18(26-2)20(12,27-3)19(30)28-11-13-4-7-15(22)8-5-13/h4-10,12,27H,11H2,1-3H3,(H,26,29)(H,28,30). The van der Waals surface area contributed by atoms with Crippen LogP contribution in [0, 0.1) is 5.82 Å². The molecule has 5 nitrogen and oxygen atoms in total. The smallest absolute Gasteiger partial charge is 0.350 e. The van der Waals surface area contributed by atoms with E-state index in [4.69, 9.17) is 0 Å². The first kappa shape index (κ1) is 21.8. The van der Waals surface area contributed by atoms with Crippen molar-refractivity contribution in [3.63, 3.8) is 0 Å². The molecule has 3 N–H and O–H groups in total. The summed E-state index contributed by atoms with van der Waals surface area (Å²) in [5.41, 5.74) is -0.579. The Balaban J connectivity index is 1.94. The summed E-state index contributed by atoms with van der Waals surface area (Å²) < 4.78 is 52.4. The molecule has 0 aromatic heterocycles. The minimum atomic E-state index is -4.48. The number of rotatable bonds is 4. The lowest BCUT2D eigenvalue weighted by Crippen LogP contribution is -2.67. The number of hydrogen-bond acceptors (Lipinski definition) is 3. The third-order valence-corrected chi connectivity index (χ3v) is 5.47. The van der Waals surface area contributed by atoms with Crippen molar-refractivity contribution in [3.8, 4) is 0 Å². The van der Waals surface area contributed by atoms with E-state index >= 15 is 0 Å². The highest BCUT2D eigenvalue weighted by Gasteiger charge is 2.51. The highest BCUT2D eigenvalue weighted by Crippen LogP contribution is 2.41. The summed E-state index contributed by atoms with van der Waals surface area (Å²) in [5.74, 6) is -1.09. The number of fused-ring (bicyclic) bond motifs is 1. The van der Waals surface area contributed by atoms with Crippen LogP contribution in [0.3, 0.4) is 0 Å². The van der Waals surface area contributed by atoms with Crippen molar-refractivity contribution in [1.82, 2.24) is 10.6 Å². The number of nitrogens with zero attached hydrogens (tertiary/aromatic N) is 1. The molecule has 1 aliphatic rings. The van der Waals surface area contributed by atoms with Gasteiger partial charge in [-0.15, -0.1) is 0 Å². The van der Waals surface area contributed by atoms with E-state index in [0.29, 0.717) is 11.1 Å². The molecule has 9 heteroatoms. The fraction of sp³-hybridized carbons (Fsp3) is 0.333. The molecule has 0 radical (unpaired) electrons. The van der Waals surface area contributed by atoms with Gasteiger partial charge in [0, 0.05) is 25.2 Å². The molecule has 160 valence electrons. The van der Waals surface area contributed by atoms with Crippen molar-refractivity contribution >= 4 is 17.4 Å². The van der Waals surface area contributed by atoms with E-state index in [1.165, 1.54) is 25.2 Å². The molecule has 1 heterocycles. The third-order valence-electron chi connectivity index (χ3n) is 5.47. The van der Waals surface area contributed by atoms with Crippen molar-refractivity contribution in [2.75, 3.05) is 19.4 Å². The van der Waals surface area contributed by atoms with Crippen LogP contribution < -0.4 is 16.0 Å². The Morgan fingerprint density at radius 1 is 1.20 bits per heavy atom. The predicted molar refractivity (Wildman–Crippen MR) is 107 cm³/mol. The normalized spacial score (nSPS) is 22.4. The largest absolute Gasteiger partial charge is 0.416 e. The number of nitrogens with one attached hydrogen (secondary N) is 3. The average molecular weight is 422 g/mol. The van der Waals surface area contributed by atoms with Gasteiger partial charge < -0.3 is 10.6 Å². The maximum Gasteiger partial charge on any atom is 0.416 e. The molecule has 2 aromatic carbocycles. The Bertz CT molecular complexity index is 972. The third kappa shape index (κ3) is 3.77.